The van der Waals surface area contributed by atoms with Gasteiger partial charge in [0.05, 0.1) is 19.8 Å². The monoisotopic (exact) mass is 801 g/mol. The van der Waals surface area contributed by atoms with Gasteiger partial charge in [-0.05, 0) is 44.9 Å². The zero-order valence-corrected chi connectivity index (χ0v) is 35.8. The smallest absolute Gasteiger partial charge is 0.462 e. The van der Waals surface area contributed by atoms with Crippen molar-refractivity contribution in [3.8, 4) is 0 Å². The lowest BCUT2D eigenvalue weighted by Crippen LogP contribution is -2.29. The SMILES string of the molecule is CC/C=C\C/C=C\C/C=C\CCCCCCCC(=O)O[C@H](COC(=O)CCCCCCCCCCCCCCCCCCC)COP(=O)(O)OC[C@@H](O)CO. The molecule has 0 heterocycles. The minimum absolute atomic E-state index is 0.166. The van der Waals surface area contributed by atoms with E-state index in [0.29, 0.717) is 12.8 Å². The van der Waals surface area contributed by atoms with Crippen LogP contribution >= 0.6 is 7.82 Å². The largest absolute Gasteiger partial charge is 0.472 e. The molecular formula is C44H81O10P. The second kappa shape index (κ2) is 40.4. The maximum atomic E-state index is 12.6. The Labute approximate surface area is 335 Å². The van der Waals surface area contributed by atoms with Crippen LogP contribution in [-0.4, -0.2) is 65.7 Å². The Morgan fingerprint density at radius 3 is 1.51 bits per heavy atom. The molecular weight excluding hydrogens is 719 g/mol. The highest BCUT2D eigenvalue weighted by atomic mass is 31.2. The molecule has 1 unspecified atom stereocenters. The van der Waals surface area contributed by atoms with Crippen LogP contribution in [0, 0.1) is 0 Å². The first-order valence-corrected chi connectivity index (χ1v) is 23.4. The van der Waals surface area contributed by atoms with Gasteiger partial charge in [0.2, 0.25) is 0 Å². The molecule has 3 atom stereocenters. The van der Waals surface area contributed by atoms with E-state index in [-0.39, 0.29) is 19.4 Å². The Bertz CT molecular complexity index is 1010. The molecule has 0 radical (unpaired) electrons. The van der Waals surface area contributed by atoms with Crippen molar-refractivity contribution in [1.82, 2.24) is 0 Å². The van der Waals surface area contributed by atoms with Crippen molar-refractivity contribution in [1.29, 1.82) is 0 Å². The van der Waals surface area contributed by atoms with Gasteiger partial charge in [0.25, 0.3) is 0 Å². The molecule has 3 N–H and O–H groups in total. The number of unbranched alkanes of at least 4 members (excludes halogenated alkanes) is 21. The quantitative estimate of drug-likeness (QED) is 0.0236. The summed E-state index contributed by atoms with van der Waals surface area (Å²) in [4.78, 5) is 35.0. The van der Waals surface area contributed by atoms with Crippen LogP contribution in [0.25, 0.3) is 0 Å². The summed E-state index contributed by atoms with van der Waals surface area (Å²) in [5, 5.41) is 18.3. The van der Waals surface area contributed by atoms with Crippen molar-refractivity contribution >= 4 is 19.8 Å². The van der Waals surface area contributed by atoms with Crippen LogP contribution in [0.2, 0.25) is 0 Å². The van der Waals surface area contributed by atoms with Gasteiger partial charge in [-0.1, -0.05) is 172 Å². The third-order valence-electron chi connectivity index (χ3n) is 9.31. The first-order chi connectivity index (χ1) is 26.7. The maximum absolute atomic E-state index is 12.6. The van der Waals surface area contributed by atoms with Gasteiger partial charge < -0.3 is 24.6 Å². The molecule has 0 aromatic carbocycles. The van der Waals surface area contributed by atoms with Crippen molar-refractivity contribution in [2.75, 3.05) is 26.4 Å². The van der Waals surface area contributed by atoms with Crippen molar-refractivity contribution < 1.29 is 47.8 Å². The number of phosphoric ester groups is 1. The standard InChI is InChI=1S/C44H81O10P/c1-3-5-7-9-11-13-15-17-19-20-22-23-25-27-29-31-33-35-43(47)51-39-42(40-53-55(49,50)52-38-41(46)37-45)54-44(48)36-34-32-30-28-26-24-21-18-16-14-12-10-8-6-4-2/h6,8,12,14,18,21,41-42,45-46H,3-5,7,9-11,13,15-17,19-20,22-40H2,1-2H3,(H,49,50)/b8-6-,14-12-,21-18-/t41-,42+/m0/s1. The molecule has 0 aliphatic heterocycles. The third kappa shape index (κ3) is 40.2. The van der Waals surface area contributed by atoms with Gasteiger partial charge in [-0.2, -0.15) is 0 Å². The summed E-state index contributed by atoms with van der Waals surface area (Å²) in [6.45, 7) is 2.26. The number of aliphatic hydroxyl groups excluding tert-OH is 2. The number of carbonyl (C=O) groups is 2. The van der Waals surface area contributed by atoms with Crippen molar-refractivity contribution in [3.05, 3.63) is 36.5 Å². The van der Waals surface area contributed by atoms with Gasteiger partial charge in [0, 0.05) is 12.8 Å². The lowest BCUT2D eigenvalue weighted by Gasteiger charge is -2.20. The summed E-state index contributed by atoms with van der Waals surface area (Å²) in [6.07, 6.45) is 41.1. The van der Waals surface area contributed by atoms with E-state index in [1.807, 2.05) is 0 Å². The molecule has 0 aliphatic carbocycles. The Kier molecular flexibility index (Phi) is 39.1. The molecule has 0 aromatic heterocycles. The van der Waals surface area contributed by atoms with E-state index >= 15 is 0 Å². The molecule has 0 saturated carbocycles. The zero-order valence-electron chi connectivity index (χ0n) is 34.9. The van der Waals surface area contributed by atoms with Crippen LogP contribution in [0.1, 0.15) is 194 Å². The van der Waals surface area contributed by atoms with Crippen LogP contribution in [-0.2, 0) is 32.7 Å². The van der Waals surface area contributed by atoms with Crippen molar-refractivity contribution in [2.24, 2.45) is 0 Å². The Hall–Kier alpha value is -1.81. The Balaban J connectivity index is 4.28. The van der Waals surface area contributed by atoms with E-state index in [1.54, 1.807) is 0 Å². The minimum Gasteiger partial charge on any atom is -0.462 e. The van der Waals surface area contributed by atoms with E-state index in [9.17, 15) is 24.2 Å². The lowest BCUT2D eigenvalue weighted by atomic mass is 10.0. The molecule has 0 spiro atoms. The van der Waals surface area contributed by atoms with E-state index in [2.05, 4.69) is 54.8 Å². The van der Waals surface area contributed by atoms with Crippen LogP contribution in [0.15, 0.2) is 36.5 Å². The maximum Gasteiger partial charge on any atom is 0.472 e. The summed E-state index contributed by atoms with van der Waals surface area (Å²) in [6, 6.07) is 0. The van der Waals surface area contributed by atoms with Gasteiger partial charge in [-0.15, -0.1) is 0 Å². The molecule has 0 aromatic rings. The molecule has 55 heavy (non-hydrogen) atoms. The van der Waals surface area contributed by atoms with Crippen LogP contribution in [0.3, 0.4) is 0 Å². The van der Waals surface area contributed by atoms with Crippen molar-refractivity contribution in [3.63, 3.8) is 0 Å². The van der Waals surface area contributed by atoms with Gasteiger partial charge in [0.15, 0.2) is 6.10 Å². The predicted molar refractivity (Wildman–Crippen MR) is 224 cm³/mol. The Morgan fingerprint density at radius 2 is 1.00 bits per heavy atom. The van der Waals surface area contributed by atoms with Crippen LogP contribution < -0.4 is 0 Å². The fraction of sp³-hybridized carbons (Fsp3) is 0.818. The average molecular weight is 801 g/mol. The second-order valence-electron chi connectivity index (χ2n) is 14.7. The van der Waals surface area contributed by atoms with E-state index in [1.165, 1.54) is 83.5 Å². The number of rotatable bonds is 41. The number of hydrogen-bond donors (Lipinski definition) is 3. The highest BCUT2D eigenvalue weighted by Gasteiger charge is 2.27. The fourth-order valence-electron chi connectivity index (χ4n) is 5.95. The number of allylic oxidation sites excluding steroid dienone is 6. The first-order valence-electron chi connectivity index (χ1n) is 21.9. The number of carbonyl (C=O) groups excluding carboxylic acids is 2. The predicted octanol–water partition coefficient (Wildman–Crippen LogP) is 11.6. The average Bonchev–Trinajstić information content (AvgIpc) is 3.17. The van der Waals surface area contributed by atoms with Gasteiger partial charge in [0.1, 0.15) is 12.7 Å². The van der Waals surface area contributed by atoms with Crippen molar-refractivity contribution in [2.45, 2.75) is 206 Å². The van der Waals surface area contributed by atoms with Gasteiger partial charge in [-0.25, -0.2) is 4.57 Å². The molecule has 0 fully saturated rings. The number of hydrogen-bond acceptors (Lipinski definition) is 9. The summed E-state index contributed by atoms with van der Waals surface area (Å²) >= 11 is 0. The normalized spacial score (nSPS) is 14.2. The molecule has 0 bridgehead atoms. The molecule has 10 nitrogen and oxygen atoms in total. The Morgan fingerprint density at radius 1 is 0.564 bits per heavy atom. The summed E-state index contributed by atoms with van der Waals surface area (Å²) < 4.78 is 32.7. The van der Waals surface area contributed by atoms with Gasteiger partial charge in [-0.3, -0.25) is 18.6 Å². The summed E-state index contributed by atoms with van der Waals surface area (Å²) in [7, 11) is -4.62. The molecule has 0 aliphatic rings. The molecule has 0 amide bonds. The highest BCUT2D eigenvalue weighted by molar-refractivity contribution is 7.47. The third-order valence-corrected chi connectivity index (χ3v) is 10.3. The number of esters is 2. The lowest BCUT2D eigenvalue weighted by molar-refractivity contribution is -0.161. The van der Waals surface area contributed by atoms with Crippen LogP contribution in [0.4, 0.5) is 0 Å². The fourth-order valence-corrected chi connectivity index (χ4v) is 6.74. The molecule has 0 saturated heterocycles. The van der Waals surface area contributed by atoms with E-state index in [4.69, 9.17) is 19.1 Å². The second-order valence-corrected chi connectivity index (χ2v) is 16.2. The van der Waals surface area contributed by atoms with E-state index in [0.717, 1.165) is 70.6 Å². The zero-order chi connectivity index (χ0) is 40.5. The van der Waals surface area contributed by atoms with E-state index < -0.39 is 51.8 Å². The van der Waals surface area contributed by atoms with Crippen LogP contribution in [0.5, 0.6) is 0 Å². The summed E-state index contributed by atoms with van der Waals surface area (Å²) in [5.41, 5.74) is 0. The molecule has 322 valence electrons. The first kappa shape index (κ1) is 53.2. The van der Waals surface area contributed by atoms with Gasteiger partial charge >= 0.3 is 19.8 Å². The number of ether oxygens (including phenoxy) is 2. The minimum atomic E-state index is -4.62. The number of phosphoric acid groups is 1. The highest BCUT2D eigenvalue weighted by Crippen LogP contribution is 2.43. The topological polar surface area (TPSA) is 149 Å². The number of aliphatic hydroxyl groups is 2. The molecule has 11 heteroatoms. The summed E-state index contributed by atoms with van der Waals surface area (Å²) in [5.74, 6) is -0.939. The molecule has 0 rings (SSSR count).